The molecule has 0 atom stereocenters. The number of rotatable bonds is 1. The van der Waals surface area contributed by atoms with Crippen LogP contribution in [-0.4, -0.2) is 9.97 Å². The third-order valence-electron chi connectivity index (χ3n) is 2.59. The largest absolute Gasteiger partial charge is 0.252 e. The minimum Gasteiger partial charge on any atom is -0.252 e. The summed E-state index contributed by atoms with van der Waals surface area (Å²) in [5, 5.41) is 0. The summed E-state index contributed by atoms with van der Waals surface area (Å²) in [7, 11) is 0. The van der Waals surface area contributed by atoms with E-state index in [0.29, 0.717) is 0 Å². The Hall–Kier alpha value is -1.49. The molecule has 0 spiro atoms. The lowest BCUT2D eigenvalue weighted by Crippen LogP contribution is -1.88. The van der Waals surface area contributed by atoms with Gasteiger partial charge < -0.3 is 0 Å². The average molecular weight is 332 g/mol. The van der Waals surface area contributed by atoms with Gasteiger partial charge in [-0.2, -0.15) is 0 Å². The number of para-hydroxylation sites is 2. The highest BCUT2D eigenvalue weighted by molar-refractivity contribution is 14.1. The Labute approximate surface area is 113 Å². The maximum absolute atomic E-state index is 4.61. The van der Waals surface area contributed by atoms with E-state index in [1.807, 2.05) is 30.5 Å². The van der Waals surface area contributed by atoms with E-state index in [0.717, 1.165) is 22.3 Å². The number of fused-ring (bicyclic) bond motifs is 1. The van der Waals surface area contributed by atoms with Gasteiger partial charge in [0.2, 0.25) is 0 Å². The van der Waals surface area contributed by atoms with Gasteiger partial charge in [-0.3, -0.25) is 4.98 Å². The zero-order valence-corrected chi connectivity index (χ0v) is 11.1. The summed E-state index contributed by atoms with van der Waals surface area (Å²) in [5.41, 5.74) is 3.88. The summed E-state index contributed by atoms with van der Waals surface area (Å²) in [6.07, 6.45) is 1.82. The summed E-state index contributed by atoms with van der Waals surface area (Å²) in [6.45, 7) is 0. The van der Waals surface area contributed by atoms with Gasteiger partial charge in [0.1, 0.15) is 0 Å². The molecule has 3 aromatic rings. The predicted octanol–water partition coefficient (Wildman–Crippen LogP) is 3.90. The van der Waals surface area contributed by atoms with E-state index < -0.39 is 0 Å². The van der Waals surface area contributed by atoms with Gasteiger partial charge in [0, 0.05) is 9.13 Å². The van der Waals surface area contributed by atoms with Crippen LogP contribution in [-0.2, 0) is 0 Å². The van der Waals surface area contributed by atoms with Crippen molar-refractivity contribution in [3.05, 3.63) is 58.3 Å². The Morgan fingerprint density at radius 3 is 2.29 bits per heavy atom. The van der Waals surface area contributed by atoms with Crippen LogP contribution in [0.15, 0.2) is 54.7 Å². The molecule has 0 saturated carbocycles. The highest BCUT2D eigenvalue weighted by atomic mass is 127. The summed E-state index contributed by atoms with van der Waals surface area (Å²) < 4.78 is 1.22. The van der Waals surface area contributed by atoms with E-state index in [-0.39, 0.29) is 0 Å². The molecule has 0 fully saturated rings. The second-order valence-electron chi connectivity index (χ2n) is 3.75. The van der Waals surface area contributed by atoms with Gasteiger partial charge in [0.25, 0.3) is 0 Å². The molecule has 0 bridgehead atoms. The maximum Gasteiger partial charge on any atom is 0.0894 e. The third kappa shape index (κ3) is 2.15. The number of halogens is 1. The first kappa shape index (κ1) is 10.7. The van der Waals surface area contributed by atoms with Gasteiger partial charge in [-0.05, 0) is 46.9 Å². The fraction of sp³-hybridized carbons (Fsp3) is 0. The highest BCUT2D eigenvalue weighted by Gasteiger charge is 2.01. The molecule has 0 aliphatic carbocycles. The SMILES string of the molecule is Ic1ccc(-c2cnc3ccccc3n2)cc1. The van der Waals surface area contributed by atoms with E-state index in [9.17, 15) is 0 Å². The van der Waals surface area contributed by atoms with Crippen LogP contribution < -0.4 is 0 Å². The fourth-order valence-corrected chi connectivity index (χ4v) is 2.08. The number of hydrogen-bond acceptors (Lipinski definition) is 2. The molecular weight excluding hydrogens is 323 g/mol. The van der Waals surface area contributed by atoms with Crippen LogP contribution >= 0.6 is 22.6 Å². The summed E-state index contributed by atoms with van der Waals surface area (Å²) in [6, 6.07) is 16.2. The minimum absolute atomic E-state index is 0.917. The van der Waals surface area contributed by atoms with Gasteiger partial charge in [-0.15, -0.1) is 0 Å². The van der Waals surface area contributed by atoms with E-state index in [4.69, 9.17) is 0 Å². The Kier molecular flexibility index (Phi) is 2.76. The van der Waals surface area contributed by atoms with E-state index in [1.54, 1.807) is 0 Å². The van der Waals surface area contributed by atoms with Crippen LogP contribution in [0, 0.1) is 3.57 Å². The van der Waals surface area contributed by atoms with Crippen molar-refractivity contribution in [2.45, 2.75) is 0 Å². The monoisotopic (exact) mass is 332 g/mol. The van der Waals surface area contributed by atoms with Gasteiger partial charge in [0.05, 0.1) is 22.9 Å². The Morgan fingerprint density at radius 2 is 1.53 bits per heavy atom. The molecule has 82 valence electrons. The van der Waals surface area contributed by atoms with Crippen LogP contribution in [0.3, 0.4) is 0 Å². The predicted molar refractivity (Wildman–Crippen MR) is 77.7 cm³/mol. The van der Waals surface area contributed by atoms with Crippen LogP contribution in [0.25, 0.3) is 22.3 Å². The van der Waals surface area contributed by atoms with Crippen molar-refractivity contribution in [3.63, 3.8) is 0 Å². The smallest absolute Gasteiger partial charge is 0.0894 e. The number of benzene rings is 2. The first-order chi connectivity index (χ1) is 8.33. The zero-order chi connectivity index (χ0) is 11.7. The van der Waals surface area contributed by atoms with Crippen molar-refractivity contribution >= 4 is 33.6 Å². The van der Waals surface area contributed by atoms with Crippen LogP contribution in [0.2, 0.25) is 0 Å². The van der Waals surface area contributed by atoms with Crippen molar-refractivity contribution in [1.82, 2.24) is 9.97 Å². The Bertz CT molecular complexity index is 662. The number of aromatic nitrogens is 2. The van der Waals surface area contributed by atoms with Crippen molar-refractivity contribution in [1.29, 1.82) is 0 Å². The quantitative estimate of drug-likeness (QED) is 0.632. The minimum atomic E-state index is 0.917. The molecule has 0 N–H and O–H groups in total. The lowest BCUT2D eigenvalue weighted by atomic mass is 10.1. The average Bonchev–Trinajstić information content (AvgIpc) is 2.39. The summed E-state index contributed by atoms with van der Waals surface area (Å²) in [5.74, 6) is 0. The normalized spacial score (nSPS) is 10.6. The molecule has 1 heterocycles. The number of hydrogen-bond donors (Lipinski definition) is 0. The Balaban J connectivity index is 2.14. The van der Waals surface area contributed by atoms with Crippen molar-refractivity contribution < 1.29 is 0 Å². The molecule has 17 heavy (non-hydrogen) atoms. The lowest BCUT2D eigenvalue weighted by molar-refractivity contribution is 1.29. The number of nitrogens with zero attached hydrogens (tertiary/aromatic N) is 2. The van der Waals surface area contributed by atoms with Gasteiger partial charge >= 0.3 is 0 Å². The van der Waals surface area contributed by atoms with E-state index >= 15 is 0 Å². The second-order valence-corrected chi connectivity index (χ2v) is 5.00. The first-order valence-corrected chi connectivity index (χ1v) is 6.38. The van der Waals surface area contributed by atoms with Crippen LogP contribution in [0.5, 0.6) is 0 Å². The topological polar surface area (TPSA) is 25.8 Å². The first-order valence-electron chi connectivity index (χ1n) is 5.31. The van der Waals surface area contributed by atoms with Gasteiger partial charge in [-0.25, -0.2) is 4.98 Å². The van der Waals surface area contributed by atoms with Crippen LogP contribution in [0.4, 0.5) is 0 Å². The molecule has 0 unspecified atom stereocenters. The van der Waals surface area contributed by atoms with Gasteiger partial charge in [-0.1, -0.05) is 24.3 Å². The van der Waals surface area contributed by atoms with E-state index in [2.05, 4.69) is 56.8 Å². The fourth-order valence-electron chi connectivity index (χ4n) is 1.72. The lowest BCUT2D eigenvalue weighted by Gasteiger charge is -2.02. The molecule has 0 amide bonds. The zero-order valence-electron chi connectivity index (χ0n) is 8.97. The maximum atomic E-state index is 4.61. The molecule has 1 aromatic heterocycles. The second kappa shape index (κ2) is 4.41. The standard InChI is InChI=1S/C14H9IN2/c15-11-7-5-10(6-8-11)14-9-16-12-3-1-2-4-13(12)17-14/h1-9H. The van der Waals surface area contributed by atoms with Crippen molar-refractivity contribution in [2.75, 3.05) is 0 Å². The van der Waals surface area contributed by atoms with Crippen molar-refractivity contribution in [2.24, 2.45) is 0 Å². The van der Waals surface area contributed by atoms with Crippen LogP contribution in [0.1, 0.15) is 0 Å². The molecule has 3 heteroatoms. The van der Waals surface area contributed by atoms with Crippen molar-refractivity contribution in [3.8, 4) is 11.3 Å². The molecular formula is C14H9IN2. The molecule has 2 aromatic carbocycles. The Morgan fingerprint density at radius 1 is 0.824 bits per heavy atom. The summed E-state index contributed by atoms with van der Waals surface area (Å²) >= 11 is 2.29. The highest BCUT2D eigenvalue weighted by Crippen LogP contribution is 2.19. The molecule has 3 rings (SSSR count). The van der Waals surface area contributed by atoms with Gasteiger partial charge in [0.15, 0.2) is 0 Å². The molecule has 0 saturated heterocycles. The molecule has 0 aliphatic heterocycles. The summed E-state index contributed by atoms with van der Waals surface area (Å²) in [4.78, 5) is 9.03. The molecule has 0 aliphatic rings. The molecule has 0 radical (unpaired) electrons. The third-order valence-corrected chi connectivity index (χ3v) is 3.31. The van der Waals surface area contributed by atoms with E-state index in [1.165, 1.54) is 3.57 Å². The molecule has 2 nitrogen and oxygen atoms in total.